The van der Waals surface area contributed by atoms with Crippen LogP contribution in [0.25, 0.3) is 16.9 Å². The van der Waals surface area contributed by atoms with Crippen molar-refractivity contribution in [2.75, 3.05) is 0 Å². The van der Waals surface area contributed by atoms with Crippen LogP contribution in [0.2, 0.25) is 0 Å². The van der Waals surface area contributed by atoms with Gasteiger partial charge < -0.3 is 0 Å². The SMILES string of the molecule is CC.NS(=O)(=O)c1ccc(-n2nc(C(F)(F)F)cc2-c2ccc(F)cc2)cc1. The average molecular weight is 415 g/mol. The summed E-state index contributed by atoms with van der Waals surface area (Å²) in [5, 5.41) is 8.57. The van der Waals surface area contributed by atoms with Crippen LogP contribution in [-0.4, -0.2) is 18.2 Å². The van der Waals surface area contributed by atoms with E-state index in [1.807, 2.05) is 13.8 Å². The van der Waals surface area contributed by atoms with E-state index in [2.05, 4.69) is 5.10 Å². The van der Waals surface area contributed by atoms with E-state index >= 15 is 0 Å². The predicted molar refractivity (Wildman–Crippen MR) is 96.7 cm³/mol. The molecule has 0 aliphatic carbocycles. The van der Waals surface area contributed by atoms with Crippen LogP contribution in [0.5, 0.6) is 0 Å². The van der Waals surface area contributed by atoms with E-state index in [-0.39, 0.29) is 16.3 Å². The number of benzene rings is 2. The van der Waals surface area contributed by atoms with Gasteiger partial charge in [-0.1, -0.05) is 13.8 Å². The van der Waals surface area contributed by atoms with Gasteiger partial charge in [0.05, 0.1) is 16.3 Å². The van der Waals surface area contributed by atoms with Crippen molar-refractivity contribution in [3.05, 3.63) is 66.1 Å². The fourth-order valence-corrected chi connectivity index (χ4v) is 2.84. The second-order valence-corrected chi connectivity index (χ2v) is 6.93. The number of aromatic nitrogens is 2. The molecule has 2 N–H and O–H groups in total. The molecule has 2 aromatic carbocycles. The van der Waals surface area contributed by atoms with Gasteiger partial charge in [0.1, 0.15) is 5.82 Å². The van der Waals surface area contributed by atoms with E-state index < -0.39 is 27.7 Å². The molecule has 0 saturated carbocycles. The Morgan fingerprint density at radius 1 is 0.964 bits per heavy atom. The molecule has 0 aliphatic rings. The zero-order valence-corrected chi connectivity index (χ0v) is 15.7. The second kappa shape index (κ2) is 8.11. The molecule has 28 heavy (non-hydrogen) atoms. The maximum Gasteiger partial charge on any atom is 0.435 e. The molecule has 150 valence electrons. The highest BCUT2D eigenvalue weighted by Gasteiger charge is 2.35. The van der Waals surface area contributed by atoms with E-state index in [0.29, 0.717) is 5.56 Å². The monoisotopic (exact) mass is 415 g/mol. The molecule has 0 unspecified atom stereocenters. The second-order valence-electron chi connectivity index (χ2n) is 5.37. The largest absolute Gasteiger partial charge is 0.435 e. The van der Waals surface area contributed by atoms with Gasteiger partial charge in [-0.2, -0.15) is 18.3 Å². The lowest BCUT2D eigenvalue weighted by Crippen LogP contribution is -2.12. The van der Waals surface area contributed by atoms with Gasteiger partial charge in [0.25, 0.3) is 0 Å². The molecule has 1 heterocycles. The summed E-state index contributed by atoms with van der Waals surface area (Å²) in [6.07, 6.45) is -4.68. The first kappa shape index (κ1) is 21.6. The van der Waals surface area contributed by atoms with Crippen LogP contribution in [-0.2, 0) is 16.2 Å². The van der Waals surface area contributed by atoms with Crippen LogP contribution < -0.4 is 5.14 Å². The topological polar surface area (TPSA) is 78.0 Å². The van der Waals surface area contributed by atoms with E-state index in [4.69, 9.17) is 5.14 Å². The maximum atomic E-state index is 13.1. The number of halogens is 4. The Kier molecular flexibility index (Phi) is 6.25. The van der Waals surface area contributed by atoms with E-state index in [1.165, 1.54) is 24.3 Å². The van der Waals surface area contributed by atoms with E-state index in [9.17, 15) is 26.0 Å². The molecule has 10 heteroatoms. The maximum absolute atomic E-state index is 13.1. The van der Waals surface area contributed by atoms with Gasteiger partial charge >= 0.3 is 6.18 Å². The average Bonchev–Trinajstić information content (AvgIpc) is 3.09. The Morgan fingerprint density at radius 2 is 1.50 bits per heavy atom. The summed E-state index contributed by atoms with van der Waals surface area (Å²) < 4.78 is 75.9. The summed E-state index contributed by atoms with van der Waals surface area (Å²) in [5.41, 5.74) is -0.565. The highest BCUT2D eigenvalue weighted by atomic mass is 32.2. The van der Waals surface area contributed by atoms with Gasteiger partial charge in [-0.15, -0.1) is 0 Å². The summed E-state index contributed by atoms with van der Waals surface area (Å²) in [6.45, 7) is 4.00. The highest BCUT2D eigenvalue weighted by molar-refractivity contribution is 7.89. The summed E-state index contributed by atoms with van der Waals surface area (Å²) >= 11 is 0. The minimum atomic E-state index is -4.68. The number of sulfonamides is 1. The van der Waals surface area contributed by atoms with Crippen molar-refractivity contribution in [3.8, 4) is 16.9 Å². The smallest absolute Gasteiger partial charge is 0.233 e. The van der Waals surface area contributed by atoms with Gasteiger partial charge in [-0.05, 0) is 54.6 Å². The molecule has 0 radical (unpaired) electrons. The number of primary sulfonamides is 1. The van der Waals surface area contributed by atoms with Crippen molar-refractivity contribution in [2.24, 2.45) is 5.14 Å². The number of hydrogen-bond donors (Lipinski definition) is 1. The third-order valence-electron chi connectivity index (χ3n) is 3.55. The summed E-state index contributed by atoms with van der Waals surface area (Å²) in [7, 11) is -3.94. The molecule has 0 aliphatic heterocycles. The van der Waals surface area contributed by atoms with Crippen LogP contribution in [0, 0.1) is 5.82 Å². The number of nitrogens with zero attached hydrogens (tertiary/aromatic N) is 2. The molecule has 0 saturated heterocycles. The number of rotatable bonds is 3. The van der Waals surface area contributed by atoms with Crippen molar-refractivity contribution in [2.45, 2.75) is 24.9 Å². The molecule has 3 rings (SSSR count). The molecule has 5 nitrogen and oxygen atoms in total. The lowest BCUT2D eigenvalue weighted by Gasteiger charge is -2.08. The first-order valence-electron chi connectivity index (χ1n) is 8.12. The Morgan fingerprint density at radius 3 is 1.96 bits per heavy atom. The molecule has 0 fully saturated rings. The van der Waals surface area contributed by atoms with Crippen molar-refractivity contribution in [3.63, 3.8) is 0 Å². The highest BCUT2D eigenvalue weighted by Crippen LogP contribution is 2.33. The Balaban J connectivity index is 0.00000136. The molecule has 0 bridgehead atoms. The minimum absolute atomic E-state index is 0.0701. The number of hydrogen-bond acceptors (Lipinski definition) is 3. The quantitative estimate of drug-likeness (QED) is 0.645. The predicted octanol–water partition coefficient (Wildman–Crippen LogP) is 4.37. The van der Waals surface area contributed by atoms with Crippen molar-refractivity contribution in [1.29, 1.82) is 0 Å². The van der Waals surface area contributed by atoms with E-state index in [1.54, 1.807) is 0 Å². The lowest BCUT2D eigenvalue weighted by molar-refractivity contribution is -0.141. The van der Waals surface area contributed by atoms with Gasteiger partial charge in [-0.25, -0.2) is 22.6 Å². The van der Waals surface area contributed by atoms with Gasteiger partial charge in [0, 0.05) is 5.56 Å². The minimum Gasteiger partial charge on any atom is -0.233 e. The van der Waals surface area contributed by atoms with E-state index in [0.717, 1.165) is 35.0 Å². The van der Waals surface area contributed by atoms with Gasteiger partial charge in [0.2, 0.25) is 10.0 Å². The zero-order valence-electron chi connectivity index (χ0n) is 14.9. The normalized spacial score (nSPS) is 11.7. The van der Waals surface area contributed by atoms with Crippen molar-refractivity contribution < 1.29 is 26.0 Å². The number of alkyl halides is 3. The molecule has 0 amide bonds. The lowest BCUT2D eigenvalue weighted by atomic mass is 10.1. The third-order valence-corrected chi connectivity index (χ3v) is 4.48. The summed E-state index contributed by atoms with van der Waals surface area (Å²) in [5.74, 6) is -0.534. The molecular weight excluding hydrogens is 398 g/mol. The first-order valence-corrected chi connectivity index (χ1v) is 9.67. The molecule has 0 spiro atoms. The molecule has 0 atom stereocenters. The Labute approximate surface area is 159 Å². The third kappa shape index (κ3) is 4.76. The van der Waals surface area contributed by atoms with Crippen molar-refractivity contribution >= 4 is 10.0 Å². The summed E-state index contributed by atoms with van der Waals surface area (Å²) in [4.78, 5) is -0.187. The standard InChI is InChI=1S/C16H11F4N3O2S.C2H6/c17-11-3-1-10(2-4-11)14-9-15(16(18,19)20)22-23(14)12-5-7-13(8-6-12)26(21,24)25;1-2/h1-9H,(H2,21,24,25);1-2H3. The van der Waals surface area contributed by atoms with Crippen LogP contribution >= 0.6 is 0 Å². The van der Waals surface area contributed by atoms with Crippen molar-refractivity contribution in [1.82, 2.24) is 9.78 Å². The van der Waals surface area contributed by atoms with Gasteiger partial charge in [0.15, 0.2) is 5.69 Å². The summed E-state index contributed by atoms with van der Waals surface area (Å²) in [6, 6.07) is 10.6. The molecule has 3 aromatic rings. The van der Waals surface area contributed by atoms with Crippen LogP contribution in [0.3, 0.4) is 0 Å². The Bertz CT molecular complexity index is 1040. The van der Waals surface area contributed by atoms with Crippen LogP contribution in [0.4, 0.5) is 17.6 Å². The van der Waals surface area contributed by atoms with Gasteiger partial charge in [-0.3, -0.25) is 0 Å². The zero-order chi connectivity index (χ0) is 21.1. The fourth-order valence-electron chi connectivity index (χ4n) is 2.32. The van der Waals surface area contributed by atoms with Crippen LogP contribution in [0.15, 0.2) is 59.5 Å². The molecule has 1 aromatic heterocycles. The Hall–Kier alpha value is -2.72. The molecular formula is C18H17F4N3O2S. The first-order chi connectivity index (χ1) is 13.1. The fraction of sp³-hybridized carbons (Fsp3) is 0.167. The number of nitrogens with two attached hydrogens (primary N) is 1. The van der Waals surface area contributed by atoms with Crippen LogP contribution in [0.1, 0.15) is 19.5 Å².